The van der Waals surface area contributed by atoms with Crippen LogP contribution in [0.3, 0.4) is 0 Å². The normalized spacial score (nSPS) is 21.9. The summed E-state index contributed by atoms with van der Waals surface area (Å²) in [5.74, 6) is 1.60. The number of halogens is 2. The summed E-state index contributed by atoms with van der Waals surface area (Å²) in [5.41, 5.74) is 16.9. The van der Waals surface area contributed by atoms with Crippen LogP contribution in [0.1, 0.15) is 150 Å². The zero-order valence-corrected chi connectivity index (χ0v) is 29.8. The lowest BCUT2D eigenvalue weighted by atomic mass is 9.85. The molecule has 0 spiro atoms. The third-order valence-corrected chi connectivity index (χ3v) is 13.2. The molecular formula is C39H46Cl2Si. The van der Waals surface area contributed by atoms with Crippen LogP contribution in [0.25, 0.3) is 11.1 Å². The molecule has 0 fully saturated rings. The second-order valence-electron chi connectivity index (χ2n) is 13.7. The highest BCUT2D eigenvalue weighted by Gasteiger charge is 2.53. The van der Waals surface area contributed by atoms with Crippen molar-refractivity contribution in [1.29, 1.82) is 0 Å². The molecule has 0 aromatic heterocycles. The Balaban J connectivity index is 1.82. The third kappa shape index (κ3) is 4.79. The van der Waals surface area contributed by atoms with Crippen LogP contribution in [0.5, 0.6) is 0 Å². The van der Waals surface area contributed by atoms with Crippen LogP contribution < -0.4 is 0 Å². The van der Waals surface area contributed by atoms with Crippen molar-refractivity contribution in [2.45, 2.75) is 109 Å². The van der Waals surface area contributed by atoms with E-state index in [1.807, 2.05) is 0 Å². The first-order chi connectivity index (χ1) is 19.6. The molecule has 3 heteroatoms. The Morgan fingerprint density at radius 2 is 1.02 bits per heavy atom. The third-order valence-electron chi connectivity index (χ3n) is 9.70. The van der Waals surface area contributed by atoms with E-state index in [-0.39, 0.29) is 9.52 Å². The molecule has 5 rings (SSSR count). The number of rotatable bonds is 7. The molecule has 0 heterocycles. The molecule has 220 valence electrons. The summed E-state index contributed by atoms with van der Waals surface area (Å²) < 4.78 is -1.39. The molecule has 2 unspecified atom stereocenters. The predicted molar refractivity (Wildman–Crippen MR) is 186 cm³/mol. The molecule has 0 N–H and O–H groups in total. The minimum atomic E-state index is -0.716. The van der Waals surface area contributed by atoms with E-state index in [9.17, 15) is 0 Å². The van der Waals surface area contributed by atoms with Crippen LogP contribution in [0.2, 0.25) is 0 Å². The van der Waals surface area contributed by atoms with Crippen molar-refractivity contribution in [3.63, 3.8) is 0 Å². The first kappa shape index (κ1) is 31.4. The van der Waals surface area contributed by atoms with Crippen molar-refractivity contribution in [3.05, 3.63) is 116 Å². The summed E-state index contributed by atoms with van der Waals surface area (Å²) in [6.07, 6.45) is 0. The molecule has 0 saturated heterocycles. The molecule has 3 aromatic carbocycles. The highest BCUT2D eigenvalue weighted by molar-refractivity contribution is 6.70. The minimum absolute atomic E-state index is 0.232. The fourth-order valence-electron chi connectivity index (χ4n) is 6.93. The summed E-state index contributed by atoms with van der Waals surface area (Å²) in [6, 6.07) is 20.5. The molecule has 2 aliphatic rings. The van der Waals surface area contributed by atoms with Crippen LogP contribution in [-0.2, 0) is 8.99 Å². The van der Waals surface area contributed by atoms with Gasteiger partial charge in [0.05, 0.1) is 8.99 Å². The number of alkyl halides is 2. The highest BCUT2D eigenvalue weighted by atomic mass is 35.5. The van der Waals surface area contributed by atoms with E-state index < -0.39 is 8.99 Å². The van der Waals surface area contributed by atoms with Gasteiger partial charge in [-0.2, -0.15) is 0 Å². The van der Waals surface area contributed by atoms with Crippen LogP contribution in [-0.4, -0.2) is 9.52 Å². The monoisotopic (exact) mass is 612 g/mol. The van der Waals surface area contributed by atoms with Gasteiger partial charge in [0.1, 0.15) is 9.52 Å². The van der Waals surface area contributed by atoms with Crippen molar-refractivity contribution >= 4 is 43.9 Å². The number of fused-ring (bicyclic) bond motifs is 2. The van der Waals surface area contributed by atoms with Gasteiger partial charge in [0, 0.05) is 0 Å². The Morgan fingerprint density at radius 3 is 1.50 bits per heavy atom. The van der Waals surface area contributed by atoms with Gasteiger partial charge in [0.25, 0.3) is 0 Å². The Kier molecular flexibility index (Phi) is 8.32. The standard InChI is InChI=1S/C39H46Cl2Si/c1-21(2)29-17-31(23(5)6)35-25(9)26(10)38(40,33(35)19-29)42-39(41)27(11)36(28-15-13-12-14-16-28)37-32(24(7)8)18-30(22(3)4)20-34(37)39/h12-24H,1-11H3. The maximum Gasteiger partial charge on any atom is 0.118 e. The van der Waals surface area contributed by atoms with Gasteiger partial charge in [-0.15, -0.1) is 23.2 Å². The van der Waals surface area contributed by atoms with Crippen LogP contribution in [0.4, 0.5) is 0 Å². The van der Waals surface area contributed by atoms with Gasteiger partial charge in [-0.3, -0.25) is 0 Å². The molecule has 42 heavy (non-hydrogen) atoms. The molecular weight excluding hydrogens is 567 g/mol. The highest BCUT2D eigenvalue weighted by Crippen LogP contribution is 2.59. The average molecular weight is 614 g/mol. The van der Waals surface area contributed by atoms with Crippen LogP contribution in [0, 0.1) is 0 Å². The van der Waals surface area contributed by atoms with Gasteiger partial charge in [0.15, 0.2) is 0 Å². The second-order valence-corrected chi connectivity index (χ2v) is 17.3. The Hall–Kier alpha value is -2.06. The van der Waals surface area contributed by atoms with E-state index in [4.69, 9.17) is 23.2 Å². The molecule has 0 nitrogen and oxygen atoms in total. The van der Waals surface area contributed by atoms with E-state index in [0.717, 1.165) is 0 Å². The first-order valence-electron chi connectivity index (χ1n) is 15.6. The largest absolute Gasteiger partial charge is 0.118 e. The lowest BCUT2D eigenvalue weighted by Gasteiger charge is -2.35. The summed E-state index contributed by atoms with van der Waals surface area (Å²) in [5, 5.41) is 0. The molecule has 0 aliphatic heterocycles. The van der Waals surface area contributed by atoms with Crippen LogP contribution >= 0.6 is 23.2 Å². The fourth-order valence-corrected chi connectivity index (χ4v) is 10.3. The summed E-state index contributed by atoms with van der Waals surface area (Å²) in [4.78, 5) is 0. The zero-order chi connectivity index (χ0) is 30.9. The molecule has 2 aliphatic carbocycles. The average Bonchev–Trinajstić information content (AvgIpc) is 3.27. The number of hydrogen-bond acceptors (Lipinski definition) is 0. The summed E-state index contributed by atoms with van der Waals surface area (Å²) >= 11 is 16.2. The number of hydrogen-bond donors (Lipinski definition) is 0. The van der Waals surface area contributed by atoms with Crippen molar-refractivity contribution in [1.82, 2.24) is 0 Å². The van der Waals surface area contributed by atoms with E-state index in [2.05, 4.69) is 131 Å². The van der Waals surface area contributed by atoms with Gasteiger partial charge < -0.3 is 0 Å². The maximum atomic E-state index is 8.15. The Morgan fingerprint density at radius 1 is 0.571 bits per heavy atom. The number of benzene rings is 3. The zero-order valence-electron chi connectivity index (χ0n) is 27.3. The van der Waals surface area contributed by atoms with E-state index in [1.165, 1.54) is 72.4 Å². The maximum absolute atomic E-state index is 8.15. The van der Waals surface area contributed by atoms with E-state index in [0.29, 0.717) is 23.7 Å². The van der Waals surface area contributed by atoms with Gasteiger partial charge in [-0.1, -0.05) is 110 Å². The van der Waals surface area contributed by atoms with Gasteiger partial charge in [-0.05, 0) is 117 Å². The topological polar surface area (TPSA) is 0 Å². The number of allylic oxidation sites excluding steroid dienone is 3. The molecule has 2 atom stereocenters. The fraction of sp³-hybridized carbons (Fsp3) is 0.436. The first-order valence-corrected chi connectivity index (χ1v) is 17.4. The van der Waals surface area contributed by atoms with Gasteiger partial charge >= 0.3 is 0 Å². The second kappa shape index (κ2) is 11.1. The Labute approximate surface area is 267 Å². The van der Waals surface area contributed by atoms with Crippen molar-refractivity contribution < 1.29 is 0 Å². The molecule has 2 radical (unpaired) electrons. The lowest BCUT2D eigenvalue weighted by molar-refractivity contribution is 0.817. The van der Waals surface area contributed by atoms with Crippen molar-refractivity contribution in [2.75, 3.05) is 0 Å². The van der Waals surface area contributed by atoms with Gasteiger partial charge in [0.2, 0.25) is 0 Å². The van der Waals surface area contributed by atoms with Crippen molar-refractivity contribution in [3.8, 4) is 0 Å². The summed E-state index contributed by atoms with van der Waals surface area (Å²) in [7, 11) is 0.232. The molecule has 0 saturated carbocycles. The Bertz CT molecular complexity index is 1610. The van der Waals surface area contributed by atoms with E-state index in [1.54, 1.807) is 0 Å². The minimum Gasteiger partial charge on any atom is -0.114 e. The van der Waals surface area contributed by atoms with E-state index >= 15 is 0 Å². The summed E-state index contributed by atoms with van der Waals surface area (Å²) in [6.45, 7) is 25.1. The molecule has 3 aromatic rings. The quantitative estimate of drug-likeness (QED) is 0.184. The molecule has 0 bridgehead atoms. The van der Waals surface area contributed by atoms with Crippen LogP contribution in [0.15, 0.2) is 65.7 Å². The molecule has 0 amide bonds. The lowest BCUT2D eigenvalue weighted by Crippen LogP contribution is -2.40. The van der Waals surface area contributed by atoms with Gasteiger partial charge in [-0.25, -0.2) is 0 Å². The SMILES string of the molecule is CC1=C(C)C(Cl)([Si]C2(Cl)C(C)=C(c3ccccc3)c3c(C(C)C)cc(C(C)C)cc32)c2cc(C(C)C)cc(C(C)C)c21. The smallest absolute Gasteiger partial charge is 0.114 e. The van der Waals surface area contributed by atoms with Crippen molar-refractivity contribution in [2.24, 2.45) is 0 Å². The predicted octanol–water partition coefficient (Wildman–Crippen LogP) is 12.0.